The highest BCUT2D eigenvalue weighted by Gasteiger charge is 2.15. The molecule has 4 rings (SSSR count). The first kappa shape index (κ1) is 26.2. The number of esters is 1. The number of aromatic nitrogens is 3. The molecular formula is C28H31N4O4S+. The van der Waals surface area contributed by atoms with Gasteiger partial charge in [-0.3, -0.25) is 0 Å². The Morgan fingerprint density at radius 3 is 2.43 bits per heavy atom. The molecule has 0 fully saturated rings. The smallest absolute Gasteiger partial charge is 0.338 e. The van der Waals surface area contributed by atoms with Crippen LogP contribution in [-0.2, 0) is 4.74 Å². The maximum Gasteiger partial charge on any atom is 0.338 e. The molecule has 0 aliphatic carbocycles. The van der Waals surface area contributed by atoms with Crippen molar-refractivity contribution in [2.75, 3.05) is 48.5 Å². The number of likely N-dealkylation sites (N-methyl/N-ethyl adjacent to an activating group) is 1. The highest BCUT2D eigenvalue weighted by Crippen LogP contribution is 2.36. The predicted molar refractivity (Wildman–Crippen MR) is 144 cm³/mol. The molecule has 37 heavy (non-hydrogen) atoms. The standard InChI is InChI=1S/C28H31N4O4S/c1-32(2,3)16-17-36-28(33)20-10-13-22(14-11-20)37-27-9-7-6-8-23(27)24-19-31(30-29-24)25-18-21(34-4)12-15-26(25)35-5/h6-15,18-19H,16-17H2,1-5H3/q+1. The molecule has 0 atom stereocenters. The molecule has 0 bridgehead atoms. The Bertz CT molecular complexity index is 1360. The summed E-state index contributed by atoms with van der Waals surface area (Å²) >= 11 is 1.59. The van der Waals surface area contributed by atoms with E-state index < -0.39 is 0 Å². The van der Waals surface area contributed by atoms with Crippen LogP contribution in [0.1, 0.15) is 10.4 Å². The summed E-state index contributed by atoms with van der Waals surface area (Å²) in [5.41, 5.74) is 2.94. The Kier molecular flexibility index (Phi) is 8.15. The van der Waals surface area contributed by atoms with Crippen molar-refractivity contribution in [3.63, 3.8) is 0 Å². The Morgan fingerprint density at radius 1 is 0.973 bits per heavy atom. The molecule has 0 saturated carbocycles. The van der Waals surface area contributed by atoms with Gasteiger partial charge in [0.05, 0.1) is 47.1 Å². The molecule has 1 aromatic heterocycles. The minimum atomic E-state index is -0.310. The van der Waals surface area contributed by atoms with Crippen LogP contribution in [-0.4, -0.2) is 74.0 Å². The maximum atomic E-state index is 12.4. The molecule has 0 saturated heterocycles. The number of methoxy groups -OCH3 is 2. The monoisotopic (exact) mass is 519 g/mol. The van der Waals surface area contributed by atoms with Gasteiger partial charge >= 0.3 is 5.97 Å². The lowest BCUT2D eigenvalue weighted by Crippen LogP contribution is -2.38. The van der Waals surface area contributed by atoms with Crippen LogP contribution in [0.25, 0.3) is 16.9 Å². The van der Waals surface area contributed by atoms with Gasteiger partial charge in [0.2, 0.25) is 0 Å². The molecule has 4 aromatic rings. The van der Waals surface area contributed by atoms with Crippen LogP contribution in [0.5, 0.6) is 11.5 Å². The fourth-order valence-corrected chi connectivity index (χ4v) is 4.48. The van der Waals surface area contributed by atoms with Gasteiger partial charge in [-0.1, -0.05) is 35.2 Å². The van der Waals surface area contributed by atoms with Crippen molar-refractivity contribution in [2.24, 2.45) is 0 Å². The van der Waals surface area contributed by atoms with Crippen LogP contribution in [0.2, 0.25) is 0 Å². The van der Waals surface area contributed by atoms with Crippen LogP contribution < -0.4 is 9.47 Å². The lowest BCUT2D eigenvalue weighted by atomic mass is 10.2. The van der Waals surface area contributed by atoms with E-state index in [1.54, 1.807) is 42.8 Å². The van der Waals surface area contributed by atoms with Crippen molar-refractivity contribution in [3.05, 3.63) is 78.5 Å². The van der Waals surface area contributed by atoms with Gasteiger partial charge in [0.25, 0.3) is 0 Å². The van der Waals surface area contributed by atoms with Crippen LogP contribution in [0.3, 0.4) is 0 Å². The van der Waals surface area contributed by atoms with Gasteiger partial charge in [0.15, 0.2) is 0 Å². The second kappa shape index (κ2) is 11.5. The van der Waals surface area contributed by atoms with Crippen molar-refractivity contribution in [1.29, 1.82) is 0 Å². The topological polar surface area (TPSA) is 75.5 Å². The third-order valence-corrected chi connectivity index (χ3v) is 6.69. The minimum absolute atomic E-state index is 0.310. The Hall–Kier alpha value is -3.82. The molecule has 0 radical (unpaired) electrons. The number of benzene rings is 3. The van der Waals surface area contributed by atoms with Gasteiger partial charge in [0.1, 0.15) is 36.0 Å². The molecule has 0 aliphatic rings. The lowest BCUT2D eigenvalue weighted by molar-refractivity contribution is -0.870. The van der Waals surface area contributed by atoms with Gasteiger partial charge in [-0.15, -0.1) is 5.10 Å². The number of hydrogen-bond acceptors (Lipinski definition) is 7. The number of quaternary nitrogens is 1. The van der Waals surface area contributed by atoms with Crippen LogP contribution in [0.15, 0.2) is 82.7 Å². The first-order valence-electron chi connectivity index (χ1n) is 11.8. The summed E-state index contributed by atoms with van der Waals surface area (Å²) in [6.45, 7) is 1.14. The second-order valence-electron chi connectivity index (χ2n) is 9.36. The average molecular weight is 520 g/mol. The Labute approximate surface area is 221 Å². The third-order valence-electron chi connectivity index (χ3n) is 5.60. The van der Waals surface area contributed by atoms with E-state index in [-0.39, 0.29) is 5.97 Å². The number of carbonyl (C=O) groups is 1. The predicted octanol–water partition coefficient (Wildman–Crippen LogP) is 4.97. The number of rotatable bonds is 10. The zero-order valence-corrected chi connectivity index (χ0v) is 22.5. The van der Waals surface area contributed by atoms with Gasteiger partial charge < -0.3 is 18.7 Å². The molecule has 1 heterocycles. The van der Waals surface area contributed by atoms with Gasteiger partial charge in [0, 0.05) is 21.4 Å². The minimum Gasteiger partial charge on any atom is -0.497 e. The molecule has 0 spiro atoms. The molecule has 0 N–H and O–H groups in total. The summed E-state index contributed by atoms with van der Waals surface area (Å²) in [7, 11) is 9.43. The molecule has 0 unspecified atom stereocenters. The van der Waals surface area contributed by atoms with Crippen molar-refractivity contribution < 1.29 is 23.5 Å². The number of hydrogen-bond donors (Lipinski definition) is 0. The summed E-state index contributed by atoms with van der Waals surface area (Å²) < 4.78 is 18.7. The van der Waals surface area contributed by atoms with Crippen LogP contribution >= 0.6 is 11.8 Å². The van der Waals surface area contributed by atoms with Gasteiger partial charge in [-0.25, -0.2) is 9.48 Å². The fourth-order valence-electron chi connectivity index (χ4n) is 3.53. The first-order valence-corrected chi connectivity index (χ1v) is 12.6. The van der Waals surface area contributed by atoms with Crippen molar-refractivity contribution in [2.45, 2.75) is 9.79 Å². The molecule has 8 nitrogen and oxygen atoms in total. The number of ether oxygens (including phenoxy) is 3. The zero-order chi connectivity index (χ0) is 26.4. The second-order valence-corrected chi connectivity index (χ2v) is 10.5. The van der Waals surface area contributed by atoms with Gasteiger partial charge in [-0.2, -0.15) is 0 Å². The van der Waals surface area contributed by atoms with Crippen molar-refractivity contribution in [3.8, 4) is 28.4 Å². The van der Waals surface area contributed by atoms with E-state index in [2.05, 4.69) is 31.5 Å². The van der Waals surface area contributed by atoms with Crippen LogP contribution in [0.4, 0.5) is 0 Å². The summed E-state index contributed by atoms with van der Waals surface area (Å²) in [5, 5.41) is 8.75. The molecule has 9 heteroatoms. The average Bonchev–Trinajstić information content (AvgIpc) is 3.38. The normalized spacial score (nSPS) is 11.3. The Balaban J connectivity index is 1.51. The fraction of sp³-hybridized carbons (Fsp3) is 0.250. The van der Waals surface area contributed by atoms with E-state index in [0.29, 0.717) is 23.7 Å². The summed E-state index contributed by atoms with van der Waals surface area (Å²) in [6, 6.07) is 21.0. The third kappa shape index (κ3) is 6.69. The zero-order valence-electron chi connectivity index (χ0n) is 21.7. The molecule has 0 amide bonds. The lowest BCUT2D eigenvalue weighted by Gasteiger charge is -2.23. The summed E-state index contributed by atoms with van der Waals surface area (Å²) in [6.07, 6.45) is 1.87. The van der Waals surface area contributed by atoms with E-state index in [1.165, 1.54) is 0 Å². The van der Waals surface area contributed by atoms with E-state index in [4.69, 9.17) is 14.2 Å². The molecule has 3 aromatic carbocycles. The maximum absolute atomic E-state index is 12.4. The first-order chi connectivity index (χ1) is 17.8. The largest absolute Gasteiger partial charge is 0.497 e. The highest BCUT2D eigenvalue weighted by atomic mass is 32.2. The number of carbonyl (C=O) groups excluding carboxylic acids is 1. The van der Waals surface area contributed by atoms with E-state index in [1.807, 2.05) is 60.8 Å². The molecular weight excluding hydrogens is 488 g/mol. The van der Waals surface area contributed by atoms with Crippen molar-refractivity contribution >= 4 is 17.7 Å². The quantitative estimate of drug-likeness (QED) is 0.216. The van der Waals surface area contributed by atoms with Crippen molar-refractivity contribution in [1.82, 2.24) is 15.0 Å². The summed E-state index contributed by atoms with van der Waals surface area (Å²) in [5.74, 6) is 1.05. The van der Waals surface area contributed by atoms with E-state index >= 15 is 0 Å². The molecule has 0 aliphatic heterocycles. The summed E-state index contributed by atoms with van der Waals surface area (Å²) in [4.78, 5) is 14.4. The SMILES string of the molecule is COc1ccc(OC)c(-n2cc(-c3ccccc3Sc3ccc(C(=O)OCC[N+](C)(C)C)cc3)nn2)c1. The Morgan fingerprint density at radius 2 is 1.73 bits per heavy atom. The van der Waals surface area contributed by atoms with E-state index in [9.17, 15) is 4.79 Å². The van der Waals surface area contributed by atoms with E-state index in [0.717, 1.165) is 37.8 Å². The molecule has 192 valence electrons. The highest BCUT2D eigenvalue weighted by molar-refractivity contribution is 7.99. The van der Waals surface area contributed by atoms with Crippen LogP contribution in [0, 0.1) is 0 Å². The van der Waals surface area contributed by atoms with Gasteiger partial charge in [-0.05, 0) is 42.5 Å². The number of nitrogens with zero attached hydrogens (tertiary/aromatic N) is 4.